The Morgan fingerprint density at radius 2 is 2.06 bits per heavy atom. The molecule has 2 heterocycles. The zero-order chi connectivity index (χ0) is 13.2. The maximum atomic E-state index is 6.00. The highest BCUT2D eigenvalue weighted by Gasteiger charge is 2.32. The molecule has 1 fully saturated rings. The van der Waals surface area contributed by atoms with Crippen LogP contribution < -0.4 is 5.73 Å². The summed E-state index contributed by atoms with van der Waals surface area (Å²) in [6.45, 7) is 9.04. The molecule has 3 nitrogen and oxygen atoms in total. The molecule has 1 aliphatic rings. The maximum Gasteiger partial charge on any atom is 0.0934 e. The third kappa shape index (κ3) is 3.11. The van der Waals surface area contributed by atoms with Crippen molar-refractivity contribution < 1.29 is 4.74 Å². The quantitative estimate of drug-likeness (QED) is 0.917. The zero-order valence-electron chi connectivity index (χ0n) is 11.7. The summed E-state index contributed by atoms with van der Waals surface area (Å²) in [6, 6.07) is 0. The lowest BCUT2D eigenvalue weighted by Crippen LogP contribution is -2.38. The first-order chi connectivity index (χ1) is 8.45. The Balaban J connectivity index is 2.10. The van der Waals surface area contributed by atoms with Gasteiger partial charge in [0.05, 0.1) is 10.7 Å². The van der Waals surface area contributed by atoms with E-state index in [2.05, 4.69) is 26.2 Å². The summed E-state index contributed by atoms with van der Waals surface area (Å²) in [5, 5.41) is 3.42. The molecule has 0 unspecified atom stereocenters. The Morgan fingerprint density at radius 3 is 2.56 bits per heavy atom. The van der Waals surface area contributed by atoms with Crippen molar-refractivity contribution in [3.63, 3.8) is 0 Å². The minimum atomic E-state index is 0.139. The highest BCUT2D eigenvalue weighted by molar-refractivity contribution is 7.09. The monoisotopic (exact) mass is 268 g/mol. The number of nitrogens with zero attached hydrogens (tertiary/aromatic N) is 1. The molecule has 102 valence electrons. The minimum absolute atomic E-state index is 0.139. The predicted molar refractivity (Wildman–Crippen MR) is 76.1 cm³/mol. The summed E-state index contributed by atoms with van der Waals surface area (Å²) in [5.74, 6) is 0. The number of rotatable bonds is 3. The van der Waals surface area contributed by atoms with E-state index in [4.69, 9.17) is 15.5 Å². The lowest BCUT2D eigenvalue weighted by atomic mass is 9.77. The Morgan fingerprint density at radius 1 is 1.39 bits per heavy atom. The van der Waals surface area contributed by atoms with Gasteiger partial charge in [0, 0.05) is 30.4 Å². The number of thiazole rings is 1. The normalized spacial score (nSPS) is 20.0. The van der Waals surface area contributed by atoms with Crippen molar-refractivity contribution in [1.82, 2.24) is 4.98 Å². The molecular weight excluding hydrogens is 244 g/mol. The molecule has 0 spiro atoms. The lowest BCUT2D eigenvalue weighted by molar-refractivity contribution is 0.0191. The number of aromatic nitrogens is 1. The molecule has 4 heteroatoms. The van der Waals surface area contributed by atoms with Gasteiger partial charge >= 0.3 is 0 Å². The third-order valence-corrected chi connectivity index (χ3v) is 4.68. The molecule has 1 aromatic heterocycles. The first kappa shape index (κ1) is 14.0. The van der Waals surface area contributed by atoms with Gasteiger partial charge < -0.3 is 10.5 Å². The summed E-state index contributed by atoms with van der Waals surface area (Å²) in [5.41, 5.74) is 7.55. The van der Waals surface area contributed by atoms with Gasteiger partial charge in [0.25, 0.3) is 0 Å². The van der Waals surface area contributed by atoms with Gasteiger partial charge in [-0.3, -0.25) is 0 Å². The van der Waals surface area contributed by atoms with E-state index in [1.54, 1.807) is 11.3 Å². The van der Waals surface area contributed by atoms with Gasteiger partial charge in [-0.1, -0.05) is 20.8 Å². The summed E-state index contributed by atoms with van der Waals surface area (Å²) in [4.78, 5) is 4.79. The molecule has 0 aromatic carbocycles. The molecule has 2 N–H and O–H groups in total. The summed E-state index contributed by atoms with van der Waals surface area (Å²) >= 11 is 1.78. The fourth-order valence-electron chi connectivity index (χ4n) is 2.31. The average molecular weight is 268 g/mol. The van der Waals surface area contributed by atoms with Crippen LogP contribution in [0.5, 0.6) is 0 Å². The second kappa shape index (κ2) is 5.27. The van der Waals surface area contributed by atoms with Crippen LogP contribution in [0.25, 0.3) is 0 Å². The number of ether oxygens (including phenoxy) is 1. The zero-order valence-corrected chi connectivity index (χ0v) is 12.5. The Labute approximate surface area is 114 Å². The van der Waals surface area contributed by atoms with Crippen LogP contribution in [0.1, 0.15) is 44.3 Å². The van der Waals surface area contributed by atoms with E-state index in [9.17, 15) is 0 Å². The first-order valence-corrected chi connectivity index (χ1v) is 7.56. The average Bonchev–Trinajstić information content (AvgIpc) is 2.78. The minimum Gasteiger partial charge on any atom is -0.381 e. The molecule has 2 rings (SSSR count). The van der Waals surface area contributed by atoms with Crippen LogP contribution in [0.2, 0.25) is 0 Å². The molecule has 0 amide bonds. The van der Waals surface area contributed by atoms with Crippen LogP contribution in [-0.4, -0.2) is 24.7 Å². The number of nitrogens with two attached hydrogens (primary N) is 1. The van der Waals surface area contributed by atoms with Crippen molar-refractivity contribution in [3.8, 4) is 0 Å². The molecule has 1 aliphatic heterocycles. The van der Waals surface area contributed by atoms with E-state index in [0.29, 0.717) is 0 Å². The van der Waals surface area contributed by atoms with Crippen LogP contribution >= 0.6 is 11.3 Å². The standard InChI is InChI=1S/C14H24N2OS/c1-13(2,3)11-9-18-12(16-11)8-14(10-15)4-6-17-7-5-14/h9H,4-8,10,15H2,1-3H3. The Bertz CT molecular complexity index is 389. The molecular formula is C14H24N2OS. The fraction of sp³-hybridized carbons (Fsp3) is 0.786. The first-order valence-electron chi connectivity index (χ1n) is 6.68. The van der Waals surface area contributed by atoms with Crippen LogP contribution in [0.4, 0.5) is 0 Å². The second-order valence-electron chi connectivity index (χ2n) is 6.37. The van der Waals surface area contributed by atoms with Crippen LogP contribution in [-0.2, 0) is 16.6 Å². The number of hydrogen-bond acceptors (Lipinski definition) is 4. The van der Waals surface area contributed by atoms with Crippen molar-refractivity contribution in [2.75, 3.05) is 19.8 Å². The molecule has 1 saturated heterocycles. The van der Waals surface area contributed by atoms with E-state index in [0.717, 1.165) is 39.0 Å². The smallest absolute Gasteiger partial charge is 0.0934 e. The highest BCUT2D eigenvalue weighted by Crippen LogP contribution is 2.35. The van der Waals surface area contributed by atoms with Crippen molar-refractivity contribution in [2.45, 2.75) is 45.4 Å². The van der Waals surface area contributed by atoms with E-state index in [1.165, 1.54) is 10.7 Å². The molecule has 0 aliphatic carbocycles. The lowest BCUT2D eigenvalue weighted by Gasteiger charge is -2.35. The van der Waals surface area contributed by atoms with Crippen molar-refractivity contribution in [2.24, 2.45) is 11.1 Å². The highest BCUT2D eigenvalue weighted by atomic mass is 32.1. The van der Waals surface area contributed by atoms with Gasteiger partial charge in [-0.15, -0.1) is 11.3 Å². The predicted octanol–water partition coefficient (Wildman–Crippen LogP) is 2.74. The topological polar surface area (TPSA) is 48.1 Å². The van der Waals surface area contributed by atoms with Crippen LogP contribution in [0.3, 0.4) is 0 Å². The van der Waals surface area contributed by atoms with Crippen molar-refractivity contribution in [1.29, 1.82) is 0 Å². The maximum absolute atomic E-state index is 6.00. The van der Waals surface area contributed by atoms with Crippen LogP contribution in [0.15, 0.2) is 5.38 Å². The molecule has 0 radical (unpaired) electrons. The Kier molecular flexibility index (Phi) is 4.09. The van der Waals surface area contributed by atoms with Gasteiger partial charge in [-0.2, -0.15) is 0 Å². The van der Waals surface area contributed by atoms with Gasteiger partial charge in [-0.05, 0) is 24.8 Å². The Hall–Kier alpha value is -0.450. The molecule has 0 saturated carbocycles. The van der Waals surface area contributed by atoms with Gasteiger partial charge in [0.15, 0.2) is 0 Å². The van der Waals surface area contributed by atoms with Crippen molar-refractivity contribution in [3.05, 3.63) is 16.1 Å². The summed E-state index contributed by atoms with van der Waals surface area (Å²) < 4.78 is 5.45. The van der Waals surface area contributed by atoms with Gasteiger partial charge in [-0.25, -0.2) is 4.98 Å². The van der Waals surface area contributed by atoms with E-state index < -0.39 is 0 Å². The van der Waals surface area contributed by atoms with E-state index in [-0.39, 0.29) is 10.8 Å². The fourth-order valence-corrected chi connectivity index (χ4v) is 3.51. The third-order valence-electron chi connectivity index (χ3n) is 3.83. The molecule has 0 atom stereocenters. The molecule has 0 bridgehead atoms. The largest absolute Gasteiger partial charge is 0.381 e. The van der Waals surface area contributed by atoms with Crippen LogP contribution in [0, 0.1) is 5.41 Å². The van der Waals surface area contributed by atoms with E-state index >= 15 is 0 Å². The SMILES string of the molecule is CC(C)(C)c1csc(CC2(CN)CCOCC2)n1. The van der Waals surface area contributed by atoms with E-state index in [1.807, 2.05) is 0 Å². The van der Waals surface area contributed by atoms with Crippen molar-refractivity contribution >= 4 is 11.3 Å². The second-order valence-corrected chi connectivity index (χ2v) is 7.31. The molecule has 1 aromatic rings. The summed E-state index contributed by atoms with van der Waals surface area (Å²) in [7, 11) is 0. The molecule has 18 heavy (non-hydrogen) atoms. The van der Waals surface area contributed by atoms with Gasteiger partial charge in [0.1, 0.15) is 0 Å². The summed E-state index contributed by atoms with van der Waals surface area (Å²) in [6.07, 6.45) is 3.13. The van der Waals surface area contributed by atoms with Gasteiger partial charge in [0.2, 0.25) is 0 Å². The number of hydrogen-bond donors (Lipinski definition) is 1.